The Morgan fingerprint density at radius 1 is 0.947 bits per heavy atom. The Bertz CT molecular complexity index is 1340. The third-order valence-electron chi connectivity index (χ3n) is 5.76. The molecule has 2 N–H and O–H groups in total. The van der Waals surface area contributed by atoms with Crippen LogP contribution in [0, 0.1) is 0 Å². The highest BCUT2D eigenvalue weighted by molar-refractivity contribution is 7.18. The number of anilines is 1. The van der Waals surface area contributed by atoms with E-state index in [4.69, 9.17) is 9.47 Å². The molecule has 1 atom stereocenters. The van der Waals surface area contributed by atoms with Crippen LogP contribution in [0.3, 0.4) is 0 Å². The maximum Gasteiger partial charge on any atom is 0.251 e. The second-order valence-corrected chi connectivity index (χ2v) is 9.55. The van der Waals surface area contributed by atoms with E-state index < -0.39 is 6.04 Å². The Morgan fingerprint density at radius 2 is 1.74 bits per heavy atom. The molecule has 0 saturated heterocycles. The molecule has 1 heterocycles. The summed E-state index contributed by atoms with van der Waals surface area (Å²) < 4.78 is 11.0. The fraction of sp³-hybridized carbons (Fsp3) is 0.241. The zero-order chi connectivity index (χ0) is 26.7. The van der Waals surface area contributed by atoms with Gasteiger partial charge < -0.3 is 14.8 Å². The number of aromatic nitrogens is 2. The first kappa shape index (κ1) is 26.8. The van der Waals surface area contributed by atoms with Crippen LogP contribution in [0.4, 0.5) is 5.13 Å². The molecule has 0 radical (unpaired) electrons. The van der Waals surface area contributed by atoms with Crippen LogP contribution in [-0.2, 0) is 11.2 Å². The summed E-state index contributed by atoms with van der Waals surface area (Å²) in [6.07, 6.45) is 2.33. The number of ether oxygens (including phenoxy) is 2. The molecule has 0 spiro atoms. The summed E-state index contributed by atoms with van der Waals surface area (Å²) >= 11 is 1.25. The molecule has 2 amide bonds. The topological polar surface area (TPSA) is 102 Å². The smallest absolute Gasteiger partial charge is 0.251 e. The first-order chi connectivity index (χ1) is 18.6. The van der Waals surface area contributed by atoms with Crippen LogP contribution in [0.2, 0.25) is 0 Å². The average Bonchev–Trinajstić information content (AvgIpc) is 3.42. The molecule has 0 saturated carbocycles. The van der Waals surface area contributed by atoms with Gasteiger partial charge in [0, 0.05) is 17.5 Å². The van der Waals surface area contributed by atoms with Crippen molar-refractivity contribution in [3.63, 3.8) is 0 Å². The number of nitrogens with zero attached hydrogens (tertiary/aromatic N) is 2. The van der Waals surface area contributed by atoms with Gasteiger partial charge in [-0.05, 0) is 48.4 Å². The highest BCUT2D eigenvalue weighted by atomic mass is 32.1. The molecule has 0 bridgehead atoms. The number of benzene rings is 3. The lowest BCUT2D eigenvalue weighted by molar-refractivity contribution is -0.118. The first-order valence-corrected chi connectivity index (χ1v) is 13.2. The molecule has 8 nitrogen and oxygen atoms in total. The molecule has 0 fully saturated rings. The van der Waals surface area contributed by atoms with Crippen LogP contribution < -0.4 is 20.1 Å². The minimum absolute atomic E-state index is 0.318. The quantitative estimate of drug-likeness (QED) is 0.239. The normalized spacial score (nSPS) is 11.4. The first-order valence-electron chi connectivity index (χ1n) is 12.4. The van der Waals surface area contributed by atoms with E-state index in [0.717, 1.165) is 24.0 Å². The largest absolute Gasteiger partial charge is 0.497 e. The third kappa shape index (κ3) is 7.39. The van der Waals surface area contributed by atoms with Crippen LogP contribution >= 0.6 is 11.3 Å². The summed E-state index contributed by atoms with van der Waals surface area (Å²) in [7, 11) is 1.60. The molecule has 0 aliphatic carbocycles. The van der Waals surface area contributed by atoms with E-state index in [2.05, 4.69) is 27.8 Å². The van der Waals surface area contributed by atoms with E-state index in [0.29, 0.717) is 40.2 Å². The molecular weight excluding hydrogens is 500 g/mol. The van der Waals surface area contributed by atoms with Gasteiger partial charge in [0.2, 0.25) is 11.0 Å². The van der Waals surface area contributed by atoms with Gasteiger partial charge in [0.05, 0.1) is 13.7 Å². The van der Waals surface area contributed by atoms with E-state index in [-0.39, 0.29) is 11.8 Å². The predicted octanol–water partition coefficient (Wildman–Crippen LogP) is 5.37. The number of hydrogen-bond donors (Lipinski definition) is 2. The Morgan fingerprint density at radius 3 is 2.47 bits per heavy atom. The fourth-order valence-corrected chi connectivity index (χ4v) is 4.42. The van der Waals surface area contributed by atoms with Crippen LogP contribution in [0.15, 0.2) is 78.9 Å². The third-order valence-corrected chi connectivity index (χ3v) is 6.65. The Balaban J connectivity index is 1.46. The van der Waals surface area contributed by atoms with Crippen LogP contribution in [0.25, 0.3) is 10.6 Å². The number of methoxy groups -OCH3 is 1. The highest BCUT2D eigenvalue weighted by Gasteiger charge is 2.23. The minimum atomic E-state index is -0.824. The average molecular weight is 531 g/mol. The lowest BCUT2D eigenvalue weighted by Crippen LogP contribution is -2.45. The van der Waals surface area contributed by atoms with Crippen molar-refractivity contribution in [3.8, 4) is 22.1 Å². The molecule has 3 aromatic carbocycles. The standard InChI is InChI=1S/C29H30N4O4S/c1-3-4-17-37-23-15-13-21(14-16-23)26(34)30-25(18-20-9-6-5-7-10-20)27(35)31-29-33-32-28(38-29)22-11-8-12-24(19-22)36-2/h5-16,19,25H,3-4,17-18H2,1-2H3,(H,30,34)(H,31,33,35)/t25-/m1/s1. The molecule has 38 heavy (non-hydrogen) atoms. The maximum atomic E-state index is 13.3. The lowest BCUT2D eigenvalue weighted by atomic mass is 10.0. The number of carbonyl (C=O) groups excluding carboxylic acids is 2. The fourth-order valence-electron chi connectivity index (χ4n) is 3.68. The van der Waals surface area contributed by atoms with Gasteiger partial charge in [-0.15, -0.1) is 10.2 Å². The van der Waals surface area contributed by atoms with Crippen molar-refractivity contribution < 1.29 is 19.1 Å². The van der Waals surface area contributed by atoms with Crippen molar-refractivity contribution in [2.75, 3.05) is 19.0 Å². The predicted molar refractivity (Wildman–Crippen MR) is 149 cm³/mol. The van der Waals surface area contributed by atoms with Crippen molar-refractivity contribution in [1.82, 2.24) is 15.5 Å². The molecule has 4 aromatic rings. The molecule has 4 rings (SSSR count). The zero-order valence-electron chi connectivity index (χ0n) is 21.3. The van der Waals surface area contributed by atoms with E-state index >= 15 is 0 Å². The van der Waals surface area contributed by atoms with Gasteiger partial charge in [-0.1, -0.05) is 67.1 Å². The van der Waals surface area contributed by atoms with Gasteiger partial charge in [-0.3, -0.25) is 14.9 Å². The maximum absolute atomic E-state index is 13.3. The van der Waals surface area contributed by atoms with Gasteiger partial charge in [0.15, 0.2) is 0 Å². The molecule has 196 valence electrons. The summed E-state index contributed by atoms with van der Waals surface area (Å²) in [5.41, 5.74) is 2.19. The monoisotopic (exact) mass is 530 g/mol. The molecule has 0 aliphatic rings. The summed E-state index contributed by atoms with van der Waals surface area (Å²) in [5.74, 6) is 0.678. The van der Waals surface area contributed by atoms with Gasteiger partial charge in [-0.25, -0.2) is 0 Å². The molecule has 1 aromatic heterocycles. The van der Waals surface area contributed by atoms with E-state index in [9.17, 15) is 9.59 Å². The number of amides is 2. The zero-order valence-corrected chi connectivity index (χ0v) is 22.2. The summed E-state index contributed by atoms with van der Waals surface area (Å²) in [6.45, 7) is 2.73. The van der Waals surface area contributed by atoms with Crippen LogP contribution in [0.5, 0.6) is 11.5 Å². The summed E-state index contributed by atoms with van der Waals surface area (Å²) in [6, 6.07) is 23.1. The van der Waals surface area contributed by atoms with Crippen molar-refractivity contribution in [1.29, 1.82) is 0 Å². The number of carbonyl (C=O) groups is 2. The van der Waals surface area contributed by atoms with Gasteiger partial charge in [0.1, 0.15) is 22.5 Å². The second kappa shape index (κ2) is 13.3. The van der Waals surface area contributed by atoms with Crippen molar-refractivity contribution in [2.45, 2.75) is 32.2 Å². The lowest BCUT2D eigenvalue weighted by Gasteiger charge is -2.18. The van der Waals surface area contributed by atoms with E-state index in [1.807, 2.05) is 54.6 Å². The molecular formula is C29H30N4O4S. The van der Waals surface area contributed by atoms with Crippen LogP contribution in [-0.4, -0.2) is 41.8 Å². The molecule has 9 heteroatoms. The summed E-state index contributed by atoms with van der Waals surface area (Å²) in [4.78, 5) is 26.4. The highest BCUT2D eigenvalue weighted by Crippen LogP contribution is 2.29. The van der Waals surface area contributed by atoms with Crippen LogP contribution in [0.1, 0.15) is 35.7 Å². The SMILES string of the molecule is CCCCOc1ccc(C(=O)N[C@H](Cc2ccccc2)C(=O)Nc2nnc(-c3cccc(OC)c3)s2)cc1. The van der Waals surface area contributed by atoms with Crippen molar-refractivity contribution >= 4 is 28.3 Å². The minimum Gasteiger partial charge on any atom is -0.497 e. The number of unbranched alkanes of at least 4 members (excludes halogenated alkanes) is 1. The Hall–Kier alpha value is -4.24. The van der Waals surface area contributed by atoms with Gasteiger partial charge in [-0.2, -0.15) is 0 Å². The number of rotatable bonds is 12. The Kier molecular flexibility index (Phi) is 9.42. The number of nitrogens with one attached hydrogen (secondary N) is 2. The number of hydrogen-bond acceptors (Lipinski definition) is 7. The summed E-state index contributed by atoms with van der Waals surface area (Å²) in [5, 5.41) is 15.0. The van der Waals surface area contributed by atoms with E-state index in [1.165, 1.54) is 11.3 Å². The van der Waals surface area contributed by atoms with Gasteiger partial charge >= 0.3 is 0 Å². The Labute approximate surface area is 226 Å². The van der Waals surface area contributed by atoms with Gasteiger partial charge in [0.25, 0.3) is 5.91 Å². The molecule has 0 unspecified atom stereocenters. The van der Waals surface area contributed by atoms with Crippen molar-refractivity contribution in [3.05, 3.63) is 90.0 Å². The van der Waals surface area contributed by atoms with Crippen molar-refractivity contribution in [2.24, 2.45) is 0 Å². The molecule has 0 aliphatic heterocycles. The van der Waals surface area contributed by atoms with E-state index in [1.54, 1.807) is 31.4 Å². The second-order valence-electron chi connectivity index (χ2n) is 8.58.